The molecule has 0 fully saturated rings. The molecule has 47 heavy (non-hydrogen) atoms. The molecule has 1 atom stereocenters. The van der Waals surface area contributed by atoms with E-state index >= 15 is 0 Å². The van der Waals surface area contributed by atoms with E-state index < -0.39 is 17.1 Å². The van der Waals surface area contributed by atoms with Crippen molar-refractivity contribution in [3.8, 4) is 11.5 Å². The summed E-state index contributed by atoms with van der Waals surface area (Å²) in [4.78, 5) is 41.1. The number of halogens is 1. The Morgan fingerprint density at radius 1 is 0.787 bits per heavy atom. The molecule has 0 heterocycles. The molecule has 5 aromatic rings. The number of phenols is 1. The number of ether oxygens (including phenoxy) is 1. The fourth-order valence-electron chi connectivity index (χ4n) is 4.54. The summed E-state index contributed by atoms with van der Waals surface area (Å²) in [6, 6.07) is 37.2. The lowest BCUT2D eigenvalue weighted by Gasteiger charge is -2.18. The average Bonchev–Trinajstić information content (AvgIpc) is 3.09. The van der Waals surface area contributed by atoms with Gasteiger partial charge >= 0.3 is 0 Å². The van der Waals surface area contributed by atoms with Crippen LogP contribution in [-0.2, 0) is 9.59 Å². The van der Waals surface area contributed by atoms with Crippen LogP contribution in [0.1, 0.15) is 26.7 Å². The number of aromatic hydroxyl groups is 1. The van der Waals surface area contributed by atoms with Crippen molar-refractivity contribution in [3.05, 3.63) is 153 Å². The zero-order chi connectivity index (χ0) is 33.2. The Kier molecular flexibility index (Phi) is 11.3. The van der Waals surface area contributed by atoms with Crippen molar-refractivity contribution in [3.63, 3.8) is 0 Å². The van der Waals surface area contributed by atoms with E-state index in [0.29, 0.717) is 28.3 Å². The Morgan fingerprint density at radius 2 is 1.49 bits per heavy atom. The second-order valence-electron chi connectivity index (χ2n) is 10.2. The lowest BCUT2D eigenvalue weighted by molar-refractivity contribution is -0.116. The molecule has 5 rings (SSSR count). The highest BCUT2D eigenvalue weighted by molar-refractivity contribution is 14.1. The van der Waals surface area contributed by atoms with Crippen molar-refractivity contribution in [2.75, 3.05) is 17.7 Å². The van der Waals surface area contributed by atoms with Crippen LogP contribution in [0.5, 0.6) is 11.5 Å². The largest absolute Gasteiger partial charge is 0.508 e. The van der Waals surface area contributed by atoms with E-state index in [9.17, 15) is 19.5 Å². The van der Waals surface area contributed by atoms with Gasteiger partial charge in [-0.15, -0.1) is 11.8 Å². The highest BCUT2D eigenvalue weighted by atomic mass is 127. The SMILES string of the molecule is COc1cc(O)ccc1/C=C(/NC(=O)c1ccccc1)C(=O)Nc1cccc(SC(C(=O)Nc2ccc(I)cc2)c2ccccc2)c1. The van der Waals surface area contributed by atoms with Gasteiger partial charge in [0, 0.05) is 37.0 Å². The first kappa shape index (κ1) is 33.3. The van der Waals surface area contributed by atoms with Crippen molar-refractivity contribution in [2.45, 2.75) is 10.1 Å². The van der Waals surface area contributed by atoms with Gasteiger partial charge in [0.2, 0.25) is 5.91 Å². The Hall–Kier alpha value is -5.07. The van der Waals surface area contributed by atoms with Gasteiger partial charge in [0.05, 0.1) is 7.11 Å². The first-order chi connectivity index (χ1) is 22.8. The van der Waals surface area contributed by atoms with Crippen LogP contribution in [0.25, 0.3) is 6.08 Å². The molecule has 0 saturated heterocycles. The maximum Gasteiger partial charge on any atom is 0.272 e. The van der Waals surface area contributed by atoms with Crippen molar-refractivity contribution in [2.24, 2.45) is 0 Å². The van der Waals surface area contributed by atoms with Gasteiger partial charge < -0.3 is 25.8 Å². The Morgan fingerprint density at radius 3 is 2.19 bits per heavy atom. The number of anilines is 2. The number of rotatable bonds is 11. The maximum atomic E-state index is 13.7. The second kappa shape index (κ2) is 16.0. The van der Waals surface area contributed by atoms with Crippen LogP contribution in [0.2, 0.25) is 0 Å². The third-order valence-corrected chi connectivity index (χ3v) is 8.81. The van der Waals surface area contributed by atoms with E-state index in [1.165, 1.54) is 37.1 Å². The number of hydrogen-bond donors (Lipinski definition) is 4. The van der Waals surface area contributed by atoms with Gasteiger partial charge in [-0.25, -0.2) is 0 Å². The zero-order valence-electron chi connectivity index (χ0n) is 25.1. The van der Waals surface area contributed by atoms with Crippen LogP contribution in [-0.4, -0.2) is 29.9 Å². The van der Waals surface area contributed by atoms with E-state index in [1.807, 2.05) is 60.7 Å². The number of methoxy groups -OCH3 is 1. The molecule has 4 N–H and O–H groups in total. The number of phenolic OH excluding ortho intramolecular Hbond substituents is 1. The van der Waals surface area contributed by atoms with Gasteiger partial charge in [-0.05, 0) is 101 Å². The second-order valence-corrected chi connectivity index (χ2v) is 12.6. The molecule has 0 bridgehead atoms. The lowest BCUT2D eigenvalue weighted by atomic mass is 10.1. The molecule has 1 unspecified atom stereocenters. The average molecular weight is 756 g/mol. The Bertz CT molecular complexity index is 1900. The van der Waals surface area contributed by atoms with Crippen molar-refractivity contribution in [1.82, 2.24) is 5.32 Å². The van der Waals surface area contributed by atoms with Crippen LogP contribution in [0, 0.1) is 3.57 Å². The van der Waals surface area contributed by atoms with Crippen molar-refractivity contribution < 1.29 is 24.2 Å². The molecule has 8 nitrogen and oxygen atoms in total. The number of nitrogens with one attached hydrogen (secondary N) is 3. The third kappa shape index (κ3) is 9.24. The fourth-order valence-corrected chi connectivity index (χ4v) is 5.98. The predicted octanol–water partition coefficient (Wildman–Crippen LogP) is 7.89. The molecule has 0 spiro atoms. The maximum absolute atomic E-state index is 13.7. The van der Waals surface area contributed by atoms with Crippen LogP contribution in [0.4, 0.5) is 11.4 Å². The Balaban J connectivity index is 1.40. The highest BCUT2D eigenvalue weighted by Gasteiger charge is 2.23. The molecule has 0 saturated carbocycles. The monoisotopic (exact) mass is 755 g/mol. The topological polar surface area (TPSA) is 117 Å². The van der Waals surface area contributed by atoms with Crippen molar-refractivity contribution in [1.29, 1.82) is 0 Å². The fraction of sp³-hybridized carbons (Fsp3) is 0.0541. The summed E-state index contributed by atoms with van der Waals surface area (Å²) in [5, 5.41) is 17.9. The third-order valence-electron chi connectivity index (χ3n) is 6.84. The summed E-state index contributed by atoms with van der Waals surface area (Å²) in [6.45, 7) is 0. The molecule has 5 aromatic carbocycles. The molecule has 0 aromatic heterocycles. The minimum atomic E-state index is -0.581. The van der Waals surface area contributed by atoms with E-state index in [1.54, 1.807) is 54.6 Å². The smallest absolute Gasteiger partial charge is 0.272 e. The van der Waals surface area contributed by atoms with Crippen molar-refractivity contribution >= 4 is 69.5 Å². The molecule has 0 aliphatic heterocycles. The number of benzene rings is 5. The van der Waals surface area contributed by atoms with E-state index in [-0.39, 0.29) is 17.4 Å². The molecule has 0 aliphatic rings. The zero-order valence-corrected chi connectivity index (χ0v) is 28.1. The number of hydrogen-bond acceptors (Lipinski definition) is 6. The normalized spacial score (nSPS) is 11.7. The number of carbonyl (C=O) groups excluding carboxylic acids is 3. The quantitative estimate of drug-likeness (QED) is 0.0620. The van der Waals surface area contributed by atoms with Crippen LogP contribution in [0.3, 0.4) is 0 Å². The molecule has 0 radical (unpaired) electrons. The van der Waals surface area contributed by atoms with E-state index in [2.05, 4.69) is 38.5 Å². The predicted molar refractivity (Wildman–Crippen MR) is 194 cm³/mol. The van der Waals surface area contributed by atoms with Gasteiger partial charge in [0.15, 0.2) is 0 Å². The van der Waals surface area contributed by atoms with E-state index in [4.69, 9.17) is 4.74 Å². The molecular formula is C37H30IN3O5S. The lowest BCUT2D eigenvalue weighted by Crippen LogP contribution is -2.30. The van der Waals surface area contributed by atoms with Gasteiger partial charge in [0.25, 0.3) is 11.8 Å². The highest BCUT2D eigenvalue weighted by Crippen LogP contribution is 2.37. The number of amides is 3. The van der Waals surface area contributed by atoms with Gasteiger partial charge in [0.1, 0.15) is 22.4 Å². The number of thioether (sulfide) groups is 1. The summed E-state index contributed by atoms with van der Waals surface area (Å²) in [6.07, 6.45) is 1.48. The van der Waals surface area contributed by atoms with Crippen LogP contribution < -0.4 is 20.7 Å². The first-order valence-corrected chi connectivity index (χ1v) is 16.4. The minimum Gasteiger partial charge on any atom is -0.508 e. The molecular weight excluding hydrogens is 725 g/mol. The summed E-state index contributed by atoms with van der Waals surface area (Å²) >= 11 is 3.56. The minimum absolute atomic E-state index is 0.00586. The first-order valence-electron chi connectivity index (χ1n) is 14.4. The number of carbonyl (C=O) groups is 3. The molecule has 236 valence electrons. The summed E-state index contributed by atoms with van der Waals surface area (Å²) in [5.41, 5.74) is 2.78. The standard InChI is InChI=1S/C37H30IN3O5S/c1-46-33-23-30(42)20-15-26(33)21-32(41-35(43)25-11-6-3-7-12-25)36(44)40-29-13-8-14-31(22-29)47-34(24-9-4-2-5-10-24)37(45)39-28-18-16-27(38)17-19-28/h2-23,34,42H,1H3,(H,39,45)(H,40,44)(H,41,43)/b32-21+. The van der Waals surface area contributed by atoms with Gasteiger partial charge in [-0.2, -0.15) is 0 Å². The van der Waals surface area contributed by atoms with Crippen LogP contribution in [0.15, 0.2) is 138 Å². The molecule has 10 heteroatoms. The summed E-state index contributed by atoms with van der Waals surface area (Å²) in [5.74, 6) is -0.929. The van der Waals surface area contributed by atoms with E-state index in [0.717, 1.165) is 14.0 Å². The van der Waals surface area contributed by atoms with Gasteiger partial charge in [-0.1, -0.05) is 54.6 Å². The van der Waals surface area contributed by atoms with Crippen LogP contribution >= 0.6 is 34.4 Å². The molecule has 3 amide bonds. The summed E-state index contributed by atoms with van der Waals surface area (Å²) in [7, 11) is 1.45. The van der Waals surface area contributed by atoms with Gasteiger partial charge in [-0.3, -0.25) is 14.4 Å². The molecule has 0 aliphatic carbocycles. The Labute approximate surface area is 290 Å². The summed E-state index contributed by atoms with van der Waals surface area (Å²) < 4.78 is 6.44.